The number of nitrogens with zero attached hydrogens (tertiary/aromatic N) is 3. The van der Waals surface area contributed by atoms with Gasteiger partial charge in [0.1, 0.15) is 0 Å². The molecule has 164 valence electrons. The smallest absolute Gasteiger partial charge is 0.254 e. The minimum Gasteiger partial charge on any atom is -0.334 e. The number of piperidine rings is 1. The van der Waals surface area contributed by atoms with Crippen LogP contribution in [0.5, 0.6) is 0 Å². The fourth-order valence-corrected chi connectivity index (χ4v) is 5.64. The third-order valence-corrected chi connectivity index (χ3v) is 7.71. The third-order valence-electron chi connectivity index (χ3n) is 5.69. The van der Waals surface area contributed by atoms with Crippen molar-refractivity contribution in [3.05, 3.63) is 65.2 Å². The molecule has 1 unspecified atom stereocenters. The van der Waals surface area contributed by atoms with Gasteiger partial charge in [0.25, 0.3) is 5.91 Å². The monoisotopic (exact) mass is 439 g/mol. The Hall–Kier alpha value is -2.69. The largest absolute Gasteiger partial charge is 0.334 e. The number of carbonyl (C=O) groups is 1. The fraction of sp³-hybridized carbons (Fsp3) is 0.417. The minimum atomic E-state index is -3.56. The van der Waals surface area contributed by atoms with Crippen molar-refractivity contribution in [1.82, 2.24) is 9.21 Å². The van der Waals surface area contributed by atoms with Gasteiger partial charge < -0.3 is 4.90 Å². The molecule has 1 amide bonds. The molecule has 2 aromatic carbocycles. The molecular weight excluding hydrogens is 410 g/mol. The topological polar surface area (TPSA) is 81.5 Å². The molecule has 0 radical (unpaired) electrons. The van der Waals surface area contributed by atoms with Gasteiger partial charge in [0.15, 0.2) is 0 Å². The SMILES string of the molecule is CCCN(Cc1ccc(C#N)cc1)C(=O)c1ccc(S(=O)(=O)N2CCCCC2C)cc1. The quantitative estimate of drug-likeness (QED) is 0.648. The average Bonchev–Trinajstić information content (AvgIpc) is 2.79. The van der Waals surface area contributed by atoms with E-state index in [1.807, 2.05) is 26.0 Å². The molecule has 3 rings (SSSR count). The molecule has 0 bridgehead atoms. The van der Waals surface area contributed by atoms with Gasteiger partial charge in [-0.25, -0.2) is 8.42 Å². The minimum absolute atomic E-state index is 0.00692. The molecule has 31 heavy (non-hydrogen) atoms. The van der Waals surface area contributed by atoms with E-state index in [2.05, 4.69) is 6.07 Å². The van der Waals surface area contributed by atoms with Gasteiger partial charge in [-0.05, 0) is 68.1 Å². The molecule has 7 heteroatoms. The van der Waals surface area contributed by atoms with Crippen LogP contribution in [0.3, 0.4) is 0 Å². The Balaban J connectivity index is 1.77. The standard InChI is InChI=1S/C24H29N3O3S/c1-3-15-26(18-21-9-7-20(17-25)8-10-21)24(28)22-11-13-23(14-12-22)31(29,30)27-16-5-4-6-19(27)2/h7-14,19H,3-6,15-16,18H2,1-2H3. The zero-order chi connectivity index (χ0) is 22.4. The van der Waals surface area contributed by atoms with Crippen LogP contribution in [0.25, 0.3) is 0 Å². The highest BCUT2D eigenvalue weighted by Crippen LogP contribution is 2.25. The van der Waals surface area contributed by atoms with Crippen LogP contribution in [-0.2, 0) is 16.6 Å². The summed E-state index contributed by atoms with van der Waals surface area (Å²) in [5.74, 6) is -0.138. The van der Waals surface area contributed by atoms with Gasteiger partial charge in [0, 0.05) is 31.2 Å². The summed E-state index contributed by atoms with van der Waals surface area (Å²) in [4.78, 5) is 15.1. The van der Waals surface area contributed by atoms with E-state index in [4.69, 9.17) is 5.26 Å². The first-order valence-electron chi connectivity index (χ1n) is 10.8. The van der Waals surface area contributed by atoms with Gasteiger partial charge in [-0.15, -0.1) is 0 Å². The molecule has 1 saturated heterocycles. The maximum Gasteiger partial charge on any atom is 0.254 e. The van der Waals surface area contributed by atoms with Crippen LogP contribution < -0.4 is 0 Å². The summed E-state index contributed by atoms with van der Waals surface area (Å²) < 4.78 is 27.6. The lowest BCUT2D eigenvalue weighted by Crippen LogP contribution is -2.41. The van der Waals surface area contributed by atoms with Crippen LogP contribution in [0.1, 0.15) is 61.0 Å². The summed E-state index contributed by atoms with van der Waals surface area (Å²) in [6.45, 7) is 5.52. The second-order valence-corrected chi connectivity index (χ2v) is 9.91. The van der Waals surface area contributed by atoms with Crippen LogP contribution in [-0.4, -0.2) is 42.7 Å². The number of hydrogen-bond donors (Lipinski definition) is 0. The van der Waals surface area contributed by atoms with E-state index in [9.17, 15) is 13.2 Å². The Morgan fingerprint density at radius 3 is 2.39 bits per heavy atom. The molecule has 2 aromatic rings. The Morgan fingerprint density at radius 1 is 1.13 bits per heavy atom. The first kappa shape index (κ1) is 23.0. The van der Waals surface area contributed by atoms with E-state index in [0.29, 0.717) is 30.8 Å². The van der Waals surface area contributed by atoms with Crippen molar-refractivity contribution >= 4 is 15.9 Å². The number of amides is 1. The van der Waals surface area contributed by atoms with Crippen molar-refractivity contribution in [2.24, 2.45) is 0 Å². The average molecular weight is 440 g/mol. The van der Waals surface area contributed by atoms with Crippen molar-refractivity contribution in [3.8, 4) is 6.07 Å². The maximum absolute atomic E-state index is 13.1. The molecule has 0 aromatic heterocycles. The predicted octanol–water partition coefficient (Wildman–Crippen LogP) is 4.17. The fourth-order valence-electron chi connectivity index (χ4n) is 3.94. The number of hydrogen-bond acceptors (Lipinski definition) is 4. The lowest BCUT2D eigenvalue weighted by atomic mass is 10.1. The molecule has 0 spiro atoms. The van der Waals surface area contributed by atoms with Crippen molar-refractivity contribution in [1.29, 1.82) is 5.26 Å². The van der Waals surface area contributed by atoms with Gasteiger partial charge in [-0.3, -0.25) is 4.79 Å². The number of benzene rings is 2. The van der Waals surface area contributed by atoms with Crippen molar-refractivity contribution in [2.75, 3.05) is 13.1 Å². The summed E-state index contributed by atoms with van der Waals surface area (Å²) in [6, 6.07) is 15.5. The highest BCUT2D eigenvalue weighted by molar-refractivity contribution is 7.89. The number of nitriles is 1. The zero-order valence-electron chi connectivity index (χ0n) is 18.1. The molecule has 0 N–H and O–H groups in total. The molecule has 1 atom stereocenters. The lowest BCUT2D eigenvalue weighted by molar-refractivity contribution is 0.0743. The van der Waals surface area contributed by atoms with E-state index >= 15 is 0 Å². The summed E-state index contributed by atoms with van der Waals surface area (Å²) in [6.07, 6.45) is 3.60. The Bertz CT molecular complexity index is 1040. The molecule has 1 heterocycles. The van der Waals surface area contributed by atoms with Crippen LogP contribution in [0.15, 0.2) is 53.4 Å². The van der Waals surface area contributed by atoms with Gasteiger partial charge in [0.2, 0.25) is 10.0 Å². The van der Waals surface area contributed by atoms with Crippen molar-refractivity contribution in [3.63, 3.8) is 0 Å². The number of rotatable bonds is 7. The summed E-state index contributed by atoms with van der Waals surface area (Å²) in [5.41, 5.74) is 1.99. The molecule has 0 saturated carbocycles. The second kappa shape index (κ2) is 10.1. The maximum atomic E-state index is 13.1. The molecule has 1 fully saturated rings. The summed E-state index contributed by atoms with van der Waals surface area (Å²) in [5, 5.41) is 8.95. The van der Waals surface area contributed by atoms with Gasteiger partial charge >= 0.3 is 0 Å². The Kier molecular flexibility index (Phi) is 7.47. The number of sulfonamides is 1. The van der Waals surface area contributed by atoms with Crippen molar-refractivity contribution < 1.29 is 13.2 Å². The normalized spacial score (nSPS) is 17.1. The van der Waals surface area contributed by atoms with Crippen LogP contribution in [0.4, 0.5) is 0 Å². The van der Waals surface area contributed by atoms with Gasteiger partial charge in [0.05, 0.1) is 16.5 Å². The van der Waals surface area contributed by atoms with Crippen LogP contribution in [0, 0.1) is 11.3 Å². The number of carbonyl (C=O) groups excluding carboxylic acids is 1. The van der Waals surface area contributed by atoms with Gasteiger partial charge in [-0.2, -0.15) is 9.57 Å². The molecule has 1 aliphatic heterocycles. The Morgan fingerprint density at radius 2 is 1.81 bits per heavy atom. The van der Waals surface area contributed by atoms with E-state index in [1.165, 1.54) is 12.1 Å². The molecule has 0 aliphatic carbocycles. The van der Waals surface area contributed by atoms with E-state index in [1.54, 1.807) is 33.5 Å². The first-order chi connectivity index (χ1) is 14.9. The molecule has 6 nitrogen and oxygen atoms in total. The zero-order valence-corrected chi connectivity index (χ0v) is 18.9. The van der Waals surface area contributed by atoms with Crippen molar-refractivity contribution in [2.45, 2.75) is 57.0 Å². The molecular formula is C24H29N3O3S. The van der Waals surface area contributed by atoms with E-state index in [0.717, 1.165) is 31.2 Å². The predicted molar refractivity (Wildman–Crippen MR) is 120 cm³/mol. The lowest BCUT2D eigenvalue weighted by Gasteiger charge is -2.32. The van der Waals surface area contributed by atoms with E-state index in [-0.39, 0.29) is 16.8 Å². The molecule has 1 aliphatic rings. The first-order valence-corrected chi connectivity index (χ1v) is 12.2. The third kappa shape index (κ3) is 5.33. The second-order valence-electron chi connectivity index (χ2n) is 8.02. The van der Waals surface area contributed by atoms with Crippen LogP contribution in [0.2, 0.25) is 0 Å². The summed E-state index contributed by atoms with van der Waals surface area (Å²) in [7, 11) is -3.56. The summed E-state index contributed by atoms with van der Waals surface area (Å²) >= 11 is 0. The Labute approximate surface area is 185 Å². The highest BCUT2D eigenvalue weighted by Gasteiger charge is 2.31. The van der Waals surface area contributed by atoms with E-state index < -0.39 is 10.0 Å². The van der Waals surface area contributed by atoms with Gasteiger partial charge in [-0.1, -0.05) is 25.5 Å². The van der Waals surface area contributed by atoms with Crippen LogP contribution >= 0.6 is 0 Å². The highest BCUT2D eigenvalue weighted by atomic mass is 32.2.